The molecule has 5 rings (SSSR count). The summed E-state index contributed by atoms with van der Waals surface area (Å²) in [6.45, 7) is 2.53. The summed E-state index contributed by atoms with van der Waals surface area (Å²) in [5.74, 6) is 0.525. The minimum absolute atomic E-state index is 0.00320. The van der Waals surface area contributed by atoms with Crippen molar-refractivity contribution in [2.75, 3.05) is 6.61 Å². The SMILES string of the molecule is CCOc1ccc(C2NNC3OC(N)=C(C#N)C(c4ccc(OCc5c(F)cccc5Cl)cc4)C32)cc1. The molecule has 1 fully saturated rings. The Bertz CT molecular complexity index is 1320. The van der Waals surface area contributed by atoms with Crippen LogP contribution in [0.2, 0.25) is 5.02 Å². The highest BCUT2D eigenvalue weighted by atomic mass is 35.5. The number of hydrogen-bond acceptors (Lipinski definition) is 7. The first-order chi connectivity index (χ1) is 18.0. The fourth-order valence-electron chi connectivity index (χ4n) is 4.91. The van der Waals surface area contributed by atoms with Crippen molar-refractivity contribution >= 4 is 11.6 Å². The number of nitriles is 1. The predicted molar refractivity (Wildman–Crippen MR) is 137 cm³/mol. The lowest BCUT2D eigenvalue weighted by molar-refractivity contribution is 0.0340. The van der Waals surface area contributed by atoms with Crippen LogP contribution in [0.4, 0.5) is 4.39 Å². The highest BCUT2D eigenvalue weighted by molar-refractivity contribution is 6.31. The molecular weight excluding hydrogens is 495 g/mol. The Balaban J connectivity index is 1.41. The van der Waals surface area contributed by atoms with Gasteiger partial charge in [0, 0.05) is 17.4 Å². The molecule has 0 amide bonds. The van der Waals surface area contributed by atoms with Crippen LogP contribution in [0, 0.1) is 23.1 Å². The molecule has 0 radical (unpaired) electrons. The molecular formula is C28H26ClFN4O3. The van der Waals surface area contributed by atoms with Crippen LogP contribution in [-0.2, 0) is 11.3 Å². The summed E-state index contributed by atoms with van der Waals surface area (Å²) >= 11 is 6.11. The maximum absolute atomic E-state index is 14.1. The molecule has 9 heteroatoms. The summed E-state index contributed by atoms with van der Waals surface area (Å²) in [5, 5.41) is 10.3. The number of nitrogens with zero attached hydrogens (tertiary/aromatic N) is 1. The Hall–Kier alpha value is -3.77. The average molecular weight is 521 g/mol. The van der Waals surface area contributed by atoms with E-state index in [0.29, 0.717) is 28.5 Å². The molecule has 4 unspecified atom stereocenters. The molecule has 0 aliphatic carbocycles. The molecule has 0 bridgehead atoms. The van der Waals surface area contributed by atoms with Gasteiger partial charge in [-0.1, -0.05) is 41.9 Å². The maximum atomic E-state index is 14.1. The summed E-state index contributed by atoms with van der Waals surface area (Å²) < 4.78 is 31.3. The van der Waals surface area contributed by atoms with E-state index in [2.05, 4.69) is 16.9 Å². The molecule has 0 spiro atoms. The molecule has 37 heavy (non-hydrogen) atoms. The van der Waals surface area contributed by atoms with E-state index in [1.807, 2.05) is 43.3 Å². The Kier molecular flexibility index (Phi) is 7.19. The topological polar surface area (TPSA) is 102 Å². The van der Waals surface area contributed by atoms with E-state index in [4.69, 9.17) is 31.5 Å². The van der Waals surface area contributed by atoms with E-state index in [-0.39, 0.29) is 30.4 Å². The monoisotopic (exact) mass is 520 g/mol. The number of ether oxygens (including phenoxy) is 3. The molecule has 3 aromatic rings. The normalized spacial score (nSPS) is 22.6. The van der Waals surface area contributed by atoms with Crippen molar-refractivity contribution < 1.29 is 18.6 Å². The van der Waals surface area contributed by atoms with Gasteiger partial charge in [-0.05, 0) is 54.4 Å². The van der Waals surface area contributed by atoms with Gasteiger partial charge in [-0.3, -0.25) is 0 Å². The first-order valence-electron chi connectivity index (χ1n) is 12.0. The van der Waals surface area contributed by atoms with Crippen LogP contribution in [0.15, 0.2) is 78.2 Å². The van der Waals surface area contributed by atoms with Crippen molar-refractivity contribution in [1.29, 1.82) is 5.26 Å². The van der Waals surface area contributed by atoms with Gasteiger partial charge in [-0.2, -0.15) is 5.26 Å². The number of allylic oxidation sites excluding steroid dienone is 1. The van der Waals surface area contributed by atoms with E-state index < -0.39 is 12.0 Å². The number of hydrazine groups is 1. The molecule has 2 heterocycles. The summed E-state index contributed by atoms with van der Waals surface area (Å²) in [4.78, 5) is 0. The fourth-order valence-corrected chi connectivity index (χ4v) is 5.13. The largest absolute Gasteiger partial charge is 0.494 e. The van der Waals surface area contributed by atoms with Crippen molar-refractivity contribution in [2.24, 2.45) is 11.7 Å². The van der Waals surface area contributed by atoms with Crippen LogP contribution in [0.25, 0.3) is 0 Å². The van der Waals surface area contributed by atoms with Crippen LogP contribution in [0.3, 0.4) is 0 Å². The Labute approximate surface area is 219 Å². The zero-order valence-corrected chi connectivity index (χ0v) is 20.8. The average Bonchev–Trinajstić information content (AvgIpc) is 3.32. The van der Waals surface area contributed by atoms with Crippen molar-refractivity contribution in [3.63, 3.8) is 0 Å². The Morgan fingerprint density at radius 2 is 1.68 bits per heavy atom. The van der Waals surface area contributed by atoms with Gasteiger partial charge in [0.1, 0.15) is 30.0 Å². The number of nitrogens with one attached hydrogen (secondary N) is 2. The van der Waals surface area contributed by atoms with E-state index in [0.717, 1.165) is 16.9 Å². The van der Waals surface area contributed by atoms with Gasteiger partial charge in [0.15, 0.2) is 6.23 Å². The Morgan fingerprint density at radius 3 is 2.32 bits per heavy atom. The Morgan fingerprint density at radius 1 is 1.00 bits per heavy atom. The van der Waals surface area contributed by atoms with E-state index in [1.54, 1.807) is 24.3 Å². The van der Waals surface area contributed by atoms with Crippen LogP contribution >= 0.6 is 11.6 Å². The van der Waals surface area contributed by atoms with Crippen molar-refractivity contribution in [2.45, 2.75) is 31.7 Å². The van der Waals surface area contributed by atoms with Crippen LogP contribution in [0.5, 0.6) is 11.5 Å². The van der Waals surface area contributed by atoms with Gasteiger partial charge < -0.3 is 19.9 Å². The third-order valence-corrected chi connectivity index (χ3v) is 7.04. The lowest BCUT2D eigenvalue weighted by Gasteiger charge is -2.36. The molecule has 2 aliphatic rings. The standard InChI is InChI=1S/C28H26ClFN4O3/c1-2-35-18-12-8-17(9-13-18)26-25-24(20(14-31)27(32)37-28(25)34-33-26)16-6-10-19(11-7-16)36-15-21-22(29)4-3-5-23(21)30/h3-13,24-26,28,33-34H,2,15,32H2,1H3. The molecule has 190 valence electrons. The lowest BCUT2D eigenvalue weighted by atomic mass is 9.74. The van der Waals surface area contributed by atoms with E-state index >= 15 is 0 Å². The number of fused-ring (bicyclic) bond motifs is 1. The predicted octanol–water partition coefficient (Wildman–Crippen LogP) is 5.06. The van der Waals surface area contributed by atoms with Gasteiger partial charge in [0.25, 0.3) is 0 Å². The molecule has 7 nitrogen and oxygen atoms in total. The summed E-state index contributed by atoms with van der Waals surface area (Å²) in [6.07, 6.45) is -0.433. The number of rotatable bonds is 7. The number of nitrogens with two attached hydrogens (primary N) is 1. The summed E-state index contributed by atoms with van der Waals surface area (Å²) in [7, 11) is 0. The molecule has 4 N–H and O–H groups in total. The molecule has 2 aliphatic heterocycles. The van der Waals surface area contributed by atoms with Gasteiger partial charge in [0.05, 0.1) is 23.2 Å². The smallest absolute Gasteiger partial charge is 0.200 e. The molecule has 0 saturated carbocycles. The van der Waals surface area contributed by atoms with Crippen LogP contribution < -0.4 is 26.1 Å². The minimum atomic E-state index is -0.433. The molecule has 3 aromatic carbocycles. The van der Waals surface area contributed by atoms with Crippen LogP contribution in [-0.4, -0.2) is 12.8 Å². The number of benzene rings is 3. The summed E-state index contributed by atoms with van der Waals surface area (Å²) in [6, 6.07) is 21.9. The van der Waals surface area contributed by atoms with Gasteiger partial charge in [-0.15, -0.1) is 0 Å². The van der Waals surface area contributed by atoms with E-state index in [1.165, 1.54) is 6.07 Å². The number of hydrogen-bond donors (Lipinski definition) is 3. The quantitative estimate of drug-likeness (QED) is 0.400. The second kappa shape index (κ2) is 10.7. The highest BCUT2D eigenvalue weighted by Crippen LogP contribution is 2.47. The fraction of sp³-hybridized carbons (Fsp3) is 0.250. The third-order valence-electron chi connectivity index (χ3n) is 6.69. The van der Waals surface area contributed by atoms with Gasteiger partial charge in [-0.25, -0.2) is 15.2 Å². The van der Waals surface area contributed by atoms with Crippen molar-refractivity contribution in [3.05, 3.63) is 106 Å². The first kappa shape index (κ1) is 24.9. The van der Waals surface area contributed by atoms with E-state index in [9.17, 15) is 9.65 Å². The number of halogens is 2. The van der Waals surface area contributed by atoms with Crippen molar-refractivity contribution in [1.82, 2.24) is 10.9 Å². The second-order valence-electron chi connectivity index (χ2n) is 8.81. The van der Waals surface area contributed by atoms with Gasteiger partial charge >= 0.3 is 0 Å². The van der Waals surface area contributed by atoms with Crippen LogP contribution in [0.1, 0.15) is 35.6 Å². The zero-order chi connectivity index (χ0) is 25.9. The minimum Gasteiger partial charge on any atom is -0.494 e. The molecule has 4 atom stereocenters. The first-order valence-corrected chi connectivity index (χ1v) is 12.3. The maximum Gasteiger partial charge on any atom is 0.200 e. The molecule has 0 aromatic heterocycles. The highest BCUT2D eigenvalue weighted by Gasteiger charge is 2.49. The third kappa shape index (κ3) is 4.94. The molecule has 1 saturated heterocycles. The lowest BCUT2D eigenvalue weighted by Crippen LogP contribution is -2.40. The summed E-state index contributed by atoms with van der Waals surface area (Å²) in [5.41, 5.74) is 15.2. The van der Waals surface area contributed by atoms with Gasteiger partial charge in [0.2, 0.25) is 5.88 Å². The zero-order valence-electron chi connectivity index (χ0n) is 20.1. The van der Waals surface area contributed by atoms with Crippen molar-refractivity contribution in [3.8, 4) is 17.6 Å². The second-order valence-corrected chi connectivity index (χ2v) is 9.22.